The number of rotatable bonds is 4. The largest absolute Gasteiger partial charge is 0.0817 e. The van der Waals surface area contributed by atoms with Crippen LogP contribution in [0.2, 0.25) is 0 Å². The zero-order valence-electron chi connectivity index (χ0n) is 11.6. The van der Waals surface area contributed by atoms with Crippen molar-refractivity contribution in [3.8, 4) is 0 Å². The Hall–Kier alpha value is -0.780. The summed E-state index contributed by atoms with van der Waals surface area (Å²) in [5.41, 5.74) is 6.27. The second-order valence-electron chi connectivity index (χ2n) is 5.20. The van der Waals surface area contributed by atoms with Crippen LogP contribution in [0.3, 0.4) is 0 Å². The summed E-state index contributed by atoms with van der Waals surface area (Å²) in [4.78, 5) is 0. The standard InChI is InChI=1S/C16H26/c1-6-16(13(4)11-10-12(2)3)14(5)15-8-7-9-15/h10-12H,6-9H2,1-5H3. The molecule has 0 saturated heterocycles. The van der Waals surface area contributed by atoms with Gasteiger partial charge in [-0.25, -0.2) is 0 Å². The lowest BCUT2D eigenvalue weighted by Gasteiger charge is -2.22. The highest BCUT2D eigenvalue weighted by molar-refractivity contribution is 5.42. The first-order chi connectivity index (χ1) is 7.56. The van der Waals surface area contributed by atoms with Crippen LogP contribution in [0.4, 0.5) is 0 Å². The quantitative estimate of drug-likeness (QED) is 0.552. The predicted molar refractivity (Wildman–Crippen MR) is 73.5 cm³/mol. The van der Waals surface area contributed by atoms with Gasteiger partial charge in [-0.1, -0.05) is 38.5 Å². The molecule has 0 heteroatoms. The second-order valence-corrected chi connectivity index (χ2v) is 5.20. The number of hydrogen-bond donors (Lipinski definition) is 0. The molecule has 1 saturated carbocycles. The van der Waals surface area contributed by atoms with Crippen LogP contribution >= 0.6 is 0 Å². The highest BCUT2D eigenvalue weighted by atomic mass is 14.2. The molecule has 90 valence electrons. The van der Waals surface area contributed by atoms with Crippen LogP contribution in [-0.2, 0) is 0 Å². The van der Waals surface area contributed by atoms with E-state index in [1.165, 1.54) is 24.8 Å². The molecule has 0 N–H and O–H groups in total. The van der Waals surface area contributed by atoms with Gasteiger partial charge in [0, 0.05) is 0 Å². The van der Waals surface area contributed by atoms with Crippen LogP contribution < -0.4 is 0 Å². The SMILES string of the molecule is CCC(=C(C)C=CC(C)C)C(C)=C1CCC1. The molecule has 1 aliphatic rings. The summed E-state index contributed by atoms with van der Waals surface area (Å²) in [7, 11) is 0. The molecule has 0 spiro atoms. The summed E-state index contributed by atoms with van der Waals surface area (Å²) in [5, 5.41) is 0. The van der Waals surface area contributed by atoms with Gasteiger partial charge in [0.1, 0.15) is 0 Å². The smallest absolute Gasteiger partial charge is 0.0287 e. The van der Waals surface area contributed by atoms with Gasteiger partial charge in [-0.05, 0) is 62.2 Å². The Morgan fingerprint density at radius 2 is 1.88 bits per heavy atom. The molecular weight excluding hydrogens is 192 g/mol. The fourth-order valence-electron chi connectivity index (χ4n) is 2.22. The molecule has 0 aliphatic heterocycles. The van der Waals surface area contributed by atoms with E-state index in [1.807, 2.05) is 0 Å². The van der Waals surface area contributed by atoms with E-state index in [0.717, 1.165) is 6.42 Å². The molecule has 0 aromatic heterocycles. The van der Waals surface area contributed by atoms with Crippen LogP contribution in [0.5, 0.6) is 0 Å². The van der Waals surface area contributed by atoms with Gasteiger partial charge < -0.3 is 0 Å². The molecule has 0 atom stereocenters. The maximum Gasteiger partial charge on any atom is -0.0287 e. The average Bonchev–Trinajstić information content (AvgIpc) is 2.13. The third-order valence-corrected chi connectivity index (χ3v) is 3.50. The van der Waals surface area contributed by atoms with Crippen molar-refractivity contribution in [2.24, 2.45) is 5.92 Å². The van der Waals surface area contributed by atoms with E-state index in [2.05, 4.69) is 46.8 Å². The van der Waals surface area contributed by atoms with Gasteiger partial charge in [-0.3, -0.25) is 0 Å². The van der Waals surface area contributed by atoms with E-state index in [4.69, 9.17) is 0 Å². The van der Waals surface area contributed by atoms with Gasteiger partial charge in [0.2, 0.25) is 0 Å². The Balaban J connectivity index is 2.90. The molecule has 1 aliphatic carbocycles. The predicted octanol–water partition coefficient (Wildman–Crippen LogP) is 5.43. The fraction of sp³-hybridized carbons (Fsp3) is 0.625. The van der Waals surface area contributed by atoms with Crippen LogP contribution in [-0.4, -0.2) is 0 Å². The average molecular weight is 218 g/mol. The molecule has 16 heavy (non-hydrogen) atoms. The zero-order valence-corrected chi connectivity index (χ0v) is 11.6. The molecule has 0 amide bonds. The molecular formula is C16H26. The Labute approximate surface area is 101 Å². The lowest BCUT2D eigenvalue weighted by molar-refractivity contribution is 0.651. The number of hydrogen-bond acceptors (Lipinski definition) is 0. The summed E-state index contributed by atoms with van der Waals surface area (Å²) < 4.78 is 0. The summed E-state index contributed by atoms with van der Waals surface area (Å²) in [6.07, 6.45) is 9.80. The monoisotopic (exact) mass is 218 g/mol. The van der Waals surface area contributed by atoms with E-state index in [9.17, 15) is 0 Å². The highest BCUT2D eigenvalue weighted by Gasteiger charge is 2.14. The summed E-state index contributed by atoms with van der Waals surface area (Å²) in [6.45, 7) is 11.3. The molecule has 0 aromatic rings. The number of allylic oxidation sites excluding steroid dienone is 6. The van der Waals surface area contributed by atoms with E-state index < -0.39 is 0 Å². The molecule has 0 unspecified atom stereocenters. The van der Waals surface area contributed by atoms with Crippen LogP contribution in [0.1, 0.15) is 60.3 Å². The fourth-order valence-corrected chi connectivity index (χ4v) is 2.22. The lowest BCUT2D eigenvalue weighted by Crippen LogP contribution is -2.02. The van der Waals surface area contributed by atoms with Crippen LogP contribution in [0, 0.1) is 5.92 Å². The topological polar surface area (TPSA) is 0 Å². The Bertz CT molecular complexity index is 318. The zero-order chi connectivity index (χ0) is 12.1. The van der Waals surface area contributed by atoms with Crippen LogP contribution in [0.25, 0.3) is 0 Å². The normalized spacial score (nSPS) is 17.8. The van der Waals surface area contributed by atoms with Crippen molar-refractivity contribution in [2.45, 2.75) is 60.3 Å². The minimum atomic E-state index is 0.643. The van der Waals surface area contributed by atoms with Gasteiger partial charge in [0.05, 0.1) is 0 Å². The Kier molecular flexibility index (Phi) is 5.05. The van der Waals surface area contributed by atoms with Gasteiger partial charge in [-0.2, -0.15) is 0 Å². The highest BCUT2D eigenvalue weighted by Crippen LogP contribution is 2.33. The lowest BCUT2D eigenvalue weighted by atomic mass is 9.84. The van der Waals surface area contributed by atoms with E-state index >= 15 is 0 Å². The molecule has 0 bridgehead atoms. The molecule has 1 fully saturated rings. The van der Waals surface area contributed by atoms with Gasteiger partial charge in [0.15, 0.2) is 0 Å². The van der Waals surface area contributed by atoms with E-state index in [1.54, 1.807) is 16.7 Å². The third-order valence-electron chi connectivity index (χ3n) is 3.50. The summed E-state index contributed by atoms with van der Waals surface area (Å²) in [6, 6.07) is 0. The second kappa shape index (κ2) is 6.08. The van der Waals surface area contributed by atoms with Crippen molar-refractivity contribution in [1.82, 2.24) is 0 Å². The van der Waals surface area contributed by atoms with Gasteiger partial charge >= 0.3 is 0 Å². The summed E-state index contributed by atoms with van der Waals surface area (Å²) >= 11 is 0. The Morgan fingerprint density at radius 3 is 2.25 bits per heavy atom. The first-order valence-electron chi connectivity index (χ1n) is 6.63. The third kappa shape index (κ3) is 3.37. The van der Waals surface area contributed by atoms with Gasteiger partial charge in [-0.15, -0.1) is 0 Å². The van der Waals surface area contributed by atoms with E-state index in [-0.39, 0.29) is 0 Å². The molecule has 1 rings (SSSR count). The van der Waals surface area contributed by atoms with Crippen molar-refractivity contribution < 1.29 is 0 Å². The van der Waals surface area contributed by atoms with Crippen LogP contribution in [0.15, 0.2) is 34.4 Å². The van der Waals surface area contributed by atoms with Crippen molar-refractivity contribution in [3.63, 3.8) is 0 Å². The molecule has 0 nitrogen and oxygen atoms in total. The first kappa shape index (κ1) is 13.3. The Morgan fingerprint density at radius 1 is 1.25 bits per heavy atom. The van der Waals surface area contributed by atoms with E-state index in [0.29, 0.717) is 5.92 Å². The minimum absolute atomic E-state index is 0.643. The maximum absolute atomic E-state index is 2.31. The first-order valence-corrected chi connectivity index (χ1v) is 6.63. The van der Waals surface area contributed by atoms with Crippen molar-refractivity contribution in [2.75, 3.05) is 0 Å². The molecule has 0 aromatic carbocycles. The summed E-state index contributed by atoms with van der Waals surface area (Å²) in [5.74, 6) is 0.643. The van der Waals surface area contributed by atoms with Crippen molar-refractivity contribution >= 4 is 0 Å². The molecule has 0 radical (unpaired) electrons. The maximum atomic E-state index is 2.31. The van der Waals surface area contributed by atoms with Crippen molar-refractivity contribution in [1.29, 1.82) is 0 Å². The van der Waals surface area contributed by atoms with Crippen molar-refractivity contribution in [3.05, 3.63) is 34.4 Å². The van der Waals surface area contributed by atoms with Gasteiger partial charge in [0.25, 0.3) is 0 Å². The molecule has 0 heterocycles. The minimum Gasteiger partial charge on any atom is -0.0817 e.